The molecular weight excluding hydrogens is 238 g/mol. The van der Waals surface area contributed by atoms with Crippen molar-refractivity contribution in [3.63, 3.8) is 0 Å². The summed E-state index contributed by atoms with van der Waals surface area (Å²) in [7, 11) is 0. The number of para-hydroxylation sites is 1. The van der Waals surface area contributed by atoms with Gasteiger partial charge in [-0.15, -0.1) is 0 Å². The van der Waals surface area contributed by atoms with Gasteiger partial charge in [0.05, 0.1) is 17.7 Å². The molecule has 0 amide bonds. The highest BCUT2D eigenvalue weighted by molar-refractivity contribution is 5.78. The van der Waals surface area contributed by atoms with Crippen molar-refractivity contribution < 1.29 is 4.74 Å². The molecule has 19 heavy (non-hydrogen) atoms. The second-order valence-corrected chi connectivity index (χ2v) is 4.63. The van der Waals surface area contributed by atoms with Gasteiger partial charge in [0.25, 0.3) is 0 Å². The highest BCUT2D eigenvalue weighted by Gasteiger charge is 2.17. The van der Waals surface area contributed by atoms with Crippen LogP contribution in [0.25, 0.3) is 10.9 Å². The highest BCUT2D eigenvalue weighted by Crippen LogP contribution is 2.14. The standard InChI is InChI=1S/C15H21N3O/c1-3-19-11(2)15(18-16)10-13-9-8-12-6-4-5-7-14(12)17-13/h4-9,11,15,18H,3,10,16H2,1-2H3. The van der Waals surface area contributed by atoms with E-state index in [1.165, 1.54) is 0 Å². The first-order valence-electron chi connectivity index (χ1n) is 6.67. The lowest BCUT2D eigenvalue weighted by Crippen LogP contribution is -2.45. The summed E-state index contributed by atoms with van der Waals surface area (Å²) in [5.41, 5.74) is 4.85. The van der Waals surface area contributed by atoms with Gasteiger partial charge in [0.1, 0.15) is 0 Å². The molecule has 0 saturated carbocycles. The number of fused-ring (bicyclic) bond motifs is 1. The van der Waals surface area contributed by atoms with Gasteiger partial charge in [-0.05, 0) is 26.0 Å². The van der Waals surface area contributed by atoms with Gasteiger partial charge < -0.3 is 4.74 Å². The molecule has 1 aromatic carbocycles. The summed E-state index contributed by atoms with van der Waals surface area (Å²) in [4.78, 5) is 4.65. The first-order valence-corrected chi connectivity index (χ1v) is 6.67. The Bertz CT molecular complexity index is 530. The van der Waals surface area contributed by atoms with Gasteiger partial charge in [0.2, 0.25) is 0 Å². The van der Waals surface area contributed by atoms with Crippen molar-refractivity contribution in [1.29, 1.82) is 0 Å². The third kappa shape index (κ3) is 3.50. The van der Waals surface area contributed by atoms with Crippen molar-refractivity contribution in [2.24, 2.45) is 5.84 Å². The number of nitrogens with two attached hydrogens (primary N) is 1. The topological polar surface area (TPSA) is 60.2 Å². The zero-order valence-electron chi connectivity index (χ0n) is 11.5. The van der Waals surface area contributed by atoms with Crippen molar-refractivity contribution in [2.75, 3.05) is 6.61 Å². The molecule has 0 aliphatic rings. The van der Waals surface area contributed by atoms with Crippen molar-refractivity contribution in [3.05, 3.63) is 42.1 Å². The second kappa shape index (κ2) is 6.61. The summed E-state index contributed by atoms with van der Waals surface area (Å²) in [5.74, 6) is 5.61. The number of hydrogen-bond donors (Lipinski definition) is 2. The van der Waals surface area contributed by atoms with Crippen LogP contribution < -0.4 is 11.3 Å². The van der Waals surface area contributed by atoms with Crippen LogP contribution in [-0.2, 0) is 11.2 Å². The number of hydrogen-bond acceptors (Lipinski definition) is 4. The van der Waals surface area contributed by atoms with Gasteiger partial charge in [-0.25, -0.2) is 0 Å². The minimum absolute atomic E-state index is 0.0586. The van der Waals surface area contributed by atoms with Crippen LogP contribution in [0.4, 0.5) is 0 Å². The van der Waals surface area contributed by atoms with Crippen molar-refractivity contribution in [1.82, 2.24) is 10.4 Å². The molecule has 0 radical (unpaired) electrons. The van der Waals surface area contributed by atoms with Gasteiger partial charge in [-0.1, -0.05) is 24.3 Å². The van der Waals surface area contributed by atoms with E-state index in [9.17, 15) is 0 Å². The van der Waals surface area contributed by atoms with Crippen molar-refractivity contribution >= 4 is 10.9 Å². The Labute approximate surface area is 113 Å². The Kier molecular flexibility index (Phi) is 4.85. The molecule has 2 rings (SSSR count). The molecule has 0 fully saturated rings. The lowest BCUT2D eigenvalue weighted by atomic mass is 10.1. The predicted molar refractivity (Wildman–Crippen MR) is 77.6 cm³/mol. The Morgan fingerprint density at radius 3 is 2.79 bits per heavy atom. The third-order valence-electron chi connectivity index (χ3n) is 3.30. The van der Waals surface area contributed by atoms with Crippen LogP contribution in [0.5, 0.6) is 0 Å². The first kappa shape index (κ1) is 13.9. The molecule has 1 aromatic heterocycles. The normalized spacial score (nSPS) is 14.5. The summed E-state index contributed by atoms with van der Waals surface area (Å²) >= 11 is 0. The number of pyridine rings is 1. The van der Waals surface area contributed by atoms with Crippen LogP contribution in [0.1, 0.15) is 19.5 Å². The highest BCUT2D eigenvalue weighted by atomic mass is 16.5. The van der Waals surface area contributed by atoms with E-state index in [0.717, 1.165) is 23.0 Å². The van der Waals surface area contributed by atoms with Gasteiger partial charge in [0.15, 0.2) is 0 Å². The number of rotatable bonds is 6. The number of ether oxygens (including phenoxy) is 1. The zero-order chi connectivity index (χ0) is 13.7. The maximum absolute atomic E-state index is 5.61. The molecule has 2 unspecified atom stereocenters. The van der Waals surface area contributed by atoms with E-state index in [1.807, 2.05) is 38.1 Å². The van der Waals surface area contributed by atoms with E-state index in [-0.39, 0.29) is 12.1 Å². The molecule has 4 nitrogen and oxygen atoms in total. The van der Waals surface area contributed by atoms with E-state index in [4.69, 9.17) is 10.6 Å². The Hall–Kier alpha value is -1.49. The molecule has 0 aliphatic carbocycles. The van der Waals surface area contributed by atoms with Crippen LogP contribution in [0.15, 0.2) is 36.4 Å². The Balaban J connectivity index is 2.15. The van der Waals surface area contributed by atoms with E-state index in [2.05, 4.69) is 22.5 Å². The molecule has 3 N–H and O–H groups in total. The molecular formula is C15H21N3O. The van der Waals surface area contributed by atoms with Crippen molar-refractivity contribution in [3.8, 4) is 0 Å². The minimum atomic E-state index is 0.0586. The van der Waals surface area contributed by atoms with Gasteiger partial charge in [-0.2, -0.15) is 0 Å². The predicted octanol–water partition coefficient (Wildman–Crippen LogP) is 2.03. The summed E-state index contributed by atoms with van der Waals surface area (Å²) in [6.45, 7) is 4.69. The van der Waals surface area contributed by atoms with Crippen LogP contribution in [0.3, 0.4) is 0 Å². The average Bonchev–Trinajstić information content (AvgIpc) is 2.44. The lowest BCUT2D eigenvalue weighted by molar-refractivity contribution is 0.0474. The minimum Gasteiger partial charge on any atom is -0.377 e. The number of nitrogens with zero attached hydrogens (tertiary/aromatic N) is 1. The molecule has 102 valence electrons. The lowest BCUT2D eigenvalue weighted by Gasteiger charge is -2.22. The van der Waals surface area contributed by atoms with Crippen molar-refractivity contribution in [2.45, 2.75) is 32.4 Å². The monoisotopic (exact) mass is 259 g/mol. The van der Waals surface area contributed by atoms with E-state index >= 15 is 0 Å². The van der Waals surface area contributed by atoms with E-state index < -0.39 is 0 Å². The second-order valence-electron chi connectivity index (χ2n) is 4.63. The zero-order valence-corrected chi connectivity index (χ0v) is 11.5. The number of nitrogens with one attached hydrogen (secondary N) is 1. The quantitative estimate of drug-likeness (QED) is 0.615. The summed E-state index contributed by atoms with van der Waals surface area (Å²) in [5, 5.41) is 1.15. The van der Waals surface area contributed by atoms with Crippen LogP contribution >= 0.6 is 0 Å². The van der Waals surface area contributed by atoms with Gasteiger partial charge >= 0.3 is 0 Å². The number of hydrazine groups is 1. The molecule has 1 heterocycles. The molecule has 0 spiro atoms. The van der Waals surface area contributed by atoms with Crippen LogP contribution in [0, 0.1) is 0 Å². The van der Waals surface area contributed by atoms with Crippen LogP contribution in [-0.4, -0.2) is 23.7 Å². The van der Waals surface area contributed by atoms with Gasteiger partial charge in [0, 0.05) is 24.1 Å². The molecule has 2 aromatic rings. The molecule has 4 heteroatoms. The third-order valence-corrected chi connectivity index (χ3v) is 3.30. The fourth-order valence-corrected chi connectivity index (χ4v) is 2.19. The maximum atomic E-state index is 5.61. The fraction of sp³-hybridized carbons (Fsp3) is 0.400. The van der Waals surface area contributed by atoms with E-state index in [1.54, 1.807) is 0 Å². The number of benzene rings is 1. The maximum Gasteiger partial charge on any atom is 0.0717 e. The largest absolute Gasteiger partial charge is 0.377 e. The van der Waals surface area contributed by atoms with Gasteiger partial charge in [-0.3, -0.25) is 16.3 Å². The average molecular weight is 259 g/mol. The fourth-order valence-electron chi connectivity index (χ4n) is 2.19. The summed E-state index contributed by atoms with van der Waals surface area (Å²) in [6.07, 6.45) is 0.811. The van der Waals surface area contributed by atoms with E-state index in [0.29, 0.717) is 6.61 Å². The smallest absolute Gasteiger partial charge is 0.0717 e. The Morgan fingerprint density at radius 2 is 2.05 bits per heavy atom. The summed E-state index contributed by atoms with van der Waals surface area (Å²) in [6, 6.07) is 12.3. The Morgan fingerprint density at radius 1 is 1.26 bits per heavy atom. The SMILES string of the molecule is CCOC(C)C(Cc1ccc2ccccc2n1)NN. The van der Waals surface area contributed by atoms with Crippen LogP contribution in [0.2, 0.25) is 0 Å². The molecule has 0 bridgehead atoms. The molecule has 2 atom stereocenters. The summed E-state index contributed by atoms with van der Waals surface area (Å²) < 4.78 is 5.58. The number of aromatic nitrogens is 1. The first-order chi connectivity index (χ1) is 9.24. The molecule has 0 saturated heterocycles. The molecule has 0 aliphatic heterocycles.